The zero-order chi connectivity index (χ0) is 13.4. The Morgan fingerprint density at radius 1 is 1.32 bits per heavy atom. The number of aromatic hydroxyl groups is 1. The molecule has 2 aromatic heterocycles. The molecule has 1 aromatic carbocycles. The van der Waals surface area contributed by atoms with Crippen LogP contribution in [-0.4, -0.2) is 25.0 Å². The Balaban J connectivity index is 2.03. The van der Waals surface area contributed by atoms with E-state index in [2.05, 4.69) is 15.2 Å². The summed E-state index contributed by atoms with van der Waals surface area (Å²) >= 11 is 5.88. The molecule has 1 N–H and O–H groups in total. The van der Waals surface area contributed by atoms with Crippen LogP contribution in [0.4, 0.5) is 0 Å². The van der Waals surface area contributed by atoms with Crippen LogP contribution in [-0.2, 0) is 7.05 Å². The van der Waals surface area contributed by atoms with E-state index in [4.69, 9.17) is 16.1 Å². The molecule has 19 heavy (non-hydrogen) atoms. The second-order valence-corrected chi connectivity index (χ2v) is 4.40. The summed E-state index contributed by atoms with van der Waals surface area (Å²) < 4.78 is 6.76. The molecular formula is C12H9ClN4O2. The fraction of sp³-hybridized carbons (Fsp3) is 0.0833. The van der Waals surface area contributed by atoms with Crippen LogP contribution in [0.2, 0.25) is 5.02 Å². The van der Waals surface area contributed by atoms with E-state index in [0.717, 1.165) is 0 Å². The fourth-order valence-electron chi connectivity index (χ4n) is 1.65. The van der Waals surface area contributed by atoms with Crippen molar-refractivity contribution in [1.29, 1.82) is 0 Å². The summed E-state index contributed by atoms with van der Waals surface area (Å²) in [6, 6.07) is 6.39. The molecule has 7 heteroatoms. The van der Waals surface area contributed by atoms with Gasteiger partial charge in [-0.3, -0.25) is 4.68 Å². The molecule has 0 radical (unpaired) electrons. The minimum Gasteiger partial charge on any atom is -0.507 e. The van der Waals surface area contributed by atoms with Crippen molar-refractivity contribution in [2.24, 2.45) is 7.05 Å². The number of hydrogen-bond donors (Lipinski definition) is 1. The summed E-state index contributed by atoms with van der Waals surface area (Å²) in [5.41, 5.74) is 0.987. The summed E-state index contributed by atoms with van der Waals surface area (Å²) in [4.78, 5) is 4.19. The average molecular weight is 277 g/mol. The van der Waals surface area contributed by atoms with Gasteiger partial charge in [0.15, 0.2) is 0 Å². The number of phenolic OH excluding ortho intramolecular Hbond substituents is 1. The first kappa shape index (κ1) is 11.7. The third-order valence-electron chi connectivity index (χ3n) is 2.56. The Morgan fingerprint density at radius 3 is 2.89 bits per heavy atom. The van der Waals surface area contributed by atoms with Crippen LogP contribution in [0, 0.1) is 0 Å². The number of halogens is 1. The highest BCUT2D eigenvalue weighted by molar-refractivity contribution is 6.30. The van der Waals surface area contributed by atoms with Crippen LogP contribution in [0.1, 0.15) is 0 Å². The van der Waals surface area contributed by atoms with Gasteiger partial charge in [0.25, 0.3) is 5.89 Å². The normalized spacial score (nSPS) is 10.8. The van der Waals surface area contributed by atoms with Crippen molar-refractivity contribution >= 4 is 11.6 Å². The molecule has 0 aliphatic rings. The van der Waals surface area contributed by atoms with Gasteiger partial charge >= 0.3 is 0 Å². The monoisotopic (exact) mass is 276 g/mol. The van der Waals surface area contributed by atoms with Crippen LogP contribution in [0.3, 0.4) is 0 Å². The van der Waals surface area contributed by atoms with Gasteiger partial charge in [-0.05, 0) is 24.3 Å². The number of aromatic nitrogens is 4. The van der Waals surface area contributed by atoms with Gasteiger partial charge < -0.3 is 9.63 Å². The van der Waals surface area contributed by atoms with Gasteiger partial charge in [-0.1, -0.05) is 16.8 Å². The van der Waals surface area contributed by atoms with Crippen molar-refractivity contribution < 1.29 is 9.63 Å². The van der Waals surface area contributed by atoms with E-state index in [1.807, 2.05) is 0 Å². The SMILES string of the molecule is Cn1ccc(-c2noc(-c3cc(Cl)ccc3O)n2)n1. The molecule has 0 atom stereocenters. The molecule has 3 aromatic rings. The maximum absolute atomic E-state index is 9.77. The smallest absolute Gasteiger partial charge is 0.262 e. The fourth-order valence-corrected chi connectivity index (χ4v) is 1.82. The second-order valence-electron chi connectivity index (χ2n) is 3.96. The largest absolute Gasteiger partial charge is 0.507 e. The summed E-state index contributed by atoms with van der Waals surface area (Å²) in [5, 5.41) is 18.2. The summed E-state index contributed by atoms with van der Waals surface area (Å²) in [5.74, 6) is 0.580. The van der Waals surface area contributed by atoms with Gasteiger partial charge in [0.2, 0.25) is 5.82 Å². The molecule has 96 valence electrons. The lowest BCUT2D eigenvalue weighted by atomic mass is 10.2. The average Bonchev–Trinajstić information content (AvgIpc) is 3.00. The Hall–Kier alpha value is -2.34. The van der Waals surface area contributed by atoms with E-state index in [9.17, 15) is 5.11 Å². The Morgan fingerprint density at radius 2 is 2.16 bits per heavy atom. The number of benzene rings is 1. The third kappa shape index (κ3) is 2.17. The van der Waals surface area contributed by atoms with Crippen LogP contribution >= 0.6 is 11.6 Å². The molecular weight excluding hydrogens is 268 g/mol. The van der Waals surface area contributed by atoms with Gasteiger partial charge in [0.05, 0.1) is 5.56 Å². The van der Waals surface area contributed by atoms with Gasteiger partial charge in [-0.15, -0.1) is 0 Å². The highest BCUT2D eigenvalue weighted by atomic mass is 35.5. The minimum absolute atomic E-state index is 0.0284. The Kier molecular flexibility index (Phi) is 2.72. The van der Waals surface area contributed by atoms with Gasteiger partial charge in [-0.2, -0.15) is 10.1 Å². The quantitative estimate of drug-likeness (QED) is 0.778. The van der Waals surface area contributed by atoms with E-state index in [-0.39, 0.29) is 11.6 Å². The molecule has 0 amide bonds. The summed E-state index contributed by atoms with van der Waals surface area (Å²) in [7, 11) is 1.80. The van der Waals surface area contributed by atoms with E-state index in [1.54, 1.807) is 36.1 Å². The number of nitrogens with zero attached hydrogens (tertiary/aromatic N) is 4. The Bertz CT molecular complexity index is 735. The predicted molar refractivity (Wildman–Crippen MR) is 68.6 cm³/mol. The first-order valence-electron chi connectivity index (χ1n) is 5.46. The molecule has 0 aliphatic carbocycles. The van der Waals surface area contributed by atoms with Crippen molar-refractivity contribution in [2.75, 3.05) is 0 Å². The minimum atomic E-state index is 0.0284. The first-order valence-corrected chi connectivity index (χ1v) is 5.84. The first-order chi connectivity index (χ1) is 9.13. The van der Waals surface area contributed by atoms with E-state index in [0.29, 0.717) is 22.1 Å². The molecule has 0 saturated heterocycles. The van der Waals surface area contributed by atoms with Gasteiger partial charge in [0.1, 0.15) is 11.4 Å². The molecule has 0 unspecified atom stereocenters. The van der Waals surface area contributed by atoms with Crippen molar-refractivity contribution in [3.05, 3.63) is 35.5 Å². The number of hydrogen-bond acceptors (Lipinski definition) is 5. The van der Waals surface area contributed by atoms with Crippen molar-refractivity contribution in [1.82, 2.24) is 19.9 Å². The molecule has 0 fully saturated rings. The number of phenols is 1. The van der Waals surface area contributed by atoms with Gasteiger partial charge in [-0.25, -0.2) is 0 Å². The van der Waals surface area contributed by atoms with Crippen LogP contribution in [0.15, 0.2) is 35.0 Å². The summed E-state index contributed by atoms with van der Waals surface area (Å²) in [6.45, 7) is 0. The molecule has 0 saturated carbocycles. The lowest BCUT2D eigenvalue weighted by molar-refractivity contribution is 0.425. The standard InChI is InChI=1S/C12H9ClN4O2/c1-17-5-4-9(15-17)11-14-12(19-16-11)8-6-7(13)2-3-10(8)18/h2-6,18H,1H3. The predicted octanol–water partition coefficient (Wildman–Crippen LogP) is 2.50. The van der Waals surface area contributed by atoms with E-state index < -0.39 is 0 Å². The van der Waals surface area contributed by atoms with Crippen molar-refractivity contribution in [3.63, 3.8) is 0 Å². The number of aryl methyl sites for hydroxylation is 1. The molecule has 6 nitrogen and oxygen atoms in total. The lowest BCUT2D eigenvalue weighted by Gasteiger charge is -1.98. The molecule has 2 heterocycles. The molecule has 0 aliphatic heterocycles. The molecule has 0 bridgehead atoms. The maximum Gasteiger partial charge on any atom is 0.262 e. The third-order valence-corrected chi connectivity index (χ3v) is 2.79. The summed E-state index contributed by atoms with van der Waals surface area (Å²) in [6.07, 6.45) is 1.78. The zero-order valence-corrected chi connectivity index (χ0v) is 10.7. The van der Waals surface area contributed by atoms with E-state index in [1.165, 1.54) is 6.07 Å². The molecule has 3 rings (SSSR count). The lowest BCUT2D eigenvalue weighted by Crippen LogP contribution is -1.88. The van der Waals surface area contributed by atoms with Crippen molar-refractivity contribution in [3.8, 4) is 28.7 Å². The van der Waals surface area contributed by atoms with E-state index >= 15 is 0 Å². The second kappa shape index (κ2) is 4.40. The van der Waals surface area contributed by atoms with Crippen LogP contribution in [0.5, 0.6) is 5.75 Å². The topological polar surface area (TPSA) is 77.0 Å². The maximum atomic E-state index is 9.77. The van der Waals surface area contributed by atoms with Crippen LogP contribution < -0.4 is 0 Å². The van der Waals surface area contributed by atoms with Crippen LogP contribution in [0.25, 0.3) is 23.0 Å². The Labute approximate surface area is 113 Å². The highest BCUT2D eigenvalue weighted by Crippen LogP contribution is 2.31. The highest BCUT2D eigenvalue weighted by Gasteiger charge is 2.15. The molecule has 0 spiro atoms. The number of rotatable bonds is 2. The van der Waals surface area contributed by atoms with Crippen molar-refractivity contribution in [2.45, 2.75) is 0 Å². The zero-order valence-electron chi connectivity index (χ0n) is 9.91. The van der Waals surface area contributed by atoms with Gasteiger partial charge in [0, 0.05) is 18.3 Å².